The van der Waals surface area contributed by atoms with E-state index >= 15 is 0 Å². The number of carboxylic acid groups (broad SMARTS) is 1. The first-order valence-electron chi connectivity index (χ1n) is 9.51. The first-order valence-corrected chi connectivity index (χ1v) is 9.51. The number of likely N-dealkylation sites (N-methyl/N-ethyl adjacent to an activating group) is 1. The van der Waals surface area contributed by atoms with E-state index in [0.29, 0.717) is 0 Å². The Labute approximate surface area is 145 Å². The summed E-state index contributed by atoms with van der Waals surface area (Å²) in [5, 5.41) is 9.01. The van der Waals surface area contributed by atoms with Crippen LogP contribution in [0.2, 0.25) is 0 Å². The van der Waals surface area contributed by atoms with Crippen molar-refractivity contribution in [1.82, 2.24) is 14.7 Å². The van der Waals surface area contributed by atoms with Crippen LogP contribution in [0.5, 0.6) is 0 Å². The Morgan fingerprint density at radius 3 is 2.17 bits per heavy atom. The van der Waals surface area contributed by atoms with Gasteiger partial charge in [-0.3, -0.25) is 19.4 Å². The highest BCUT2D eigenvalue weighted by Gasteiger charge is 2.31. The van der Waals surface area contributed by atoms with E-state index in [1.807, 2.05) is 23.6 Å². The fourth-order valence-corrected chi connectivity index (χ4v) is 4.03. The van der Waals surface area contributed by atoms with Gasteiger partial charge in [0.25, 0.3) is 0 Å². The molecule has 2 fully saturated rings. The molecule has 0 saturated carbocycles. The van der Waals surface area contributed by atoms with Gasteiger partial charge in [0.2, 0.25) is 5.91 Å². The maximum absolute atomic E-state index is 12.8. The lowest BCUT2D eigenvalue weighted by Gasteiger charge is -2.39. The zero-order valence-electron chi connectivity index (χ0n) is 15.2. The second kappa shape index (κ2) is 9.37. The van der Waals surface area contributed by atoms with Crippen LogP contribution in [0.15, 0.2) is 0 Å². The SMILES string of the molecule is CCN(CC(=O)O)C1CCN(C(=O)[C@H](C)N2CCCCCC2)CC1. The number of amides is 1. The van der Waals surface area contributed by atoms with E-state index in [2.05, 4.69) is 4.90 Å². The largest absolute Gasteiger partial charge is 0.480 e. The molecule has 0 radical (unpaired) electrons. The number of nitrogens with zero attached hydrogens (tertiary/aromatic N) is 3. The molecule has 0 bridgehead atoms. The number of carboxylic acids is 1. The van der Waals surface area contributed by atoms with Gasteiger partial charge >= 0.3 is 5.97 Å². The summed E-state index contributed by atoms with van der Waals surface area (Å²) in [4.78, 5) is 30.1. The average molecular weight is 339 g/mol. The van der Waals surface area contributed by atoms with Gasteiger partial charge in [0.1, 0.15) is 0 Å². The molecule has 0 unspecified atom stereocenters. The van der Waals surface area contributed by atoms with Crippen molar-refractivity contribution in [2.24, 2.45) is 0 Å². The average Bonchev–Trinajstić information content (AvgIpc) is 2.87. The van der Waals surface area contributed by atoms with Gasteiger partial charge in [0, 0.05) is 19.1 Å². The predicted octanol–water partition coefficient (Wildman–Crippen LogP) is 1.65. The van der Waals surface area contributed by atoms with Gasteiger partial charge in [-0.15, -0.1) is 0 Å². The van der Waals surface area contributed by atoms with E-state index in [1.165, 1.54) is 25.7 Å². The minimum atomic E-state index is -0.773. The van der Waals surface area contributed by atoms with Crippen molar-refractivity contribution < 1.29 is 14.7 Å². The topological polar surface area (TPSA) is 64.1 Å². The molecule has 2 aliphatic rings. The molecule has 6 nitrogen and oxygen atoms in total. The van der Waals surface area contributed by atoms with Crippen LogP contribution >= 0.6 is 0 Å². The van der Waals surface area contributed by atoms with Crippen molar-refractivity contribution in [3.63, 3.8) is 0 Å². The molecule has 2 saturated heterocycles. The molecular weight excluding hydrogens is 306 g/mol. The van der Waals surface area contributed by atoms with Crippen molar-refractivity contribution in [2.75, 3.05) is 39.3 Å². The Morgan fingerprint density at radius 2 is 1.67 bits per heavy atom. The van der Waals surface area contributed by atoms with Gasteiger partial charge in [0.15, 0.2) is 0 Å². The number of hydrogen-bond donors (Lipinski definition) is 1. The fourth-order valence-electron chi connectivity index (χ4n) is 4.03. The molecule has 1 N–H and O–H groups in total. The van der Waals surface area contributed by atoms with Crippen LogP contribution in [0.4, 0.5) is 0 Å². The molecule has 2 heterocycles. The summed E-state index contributed by atoms with van der Waals surface area (Å²) in [6.07, 6.45) is 6.69. The summed E-state index contributed by atoms with van der Waals surface area (Å²) < 4.78 is 0. The van der Waals surface area contributed by atoms with Crippen molar-refractivity contribution >= 4 is 11.9 Å². The van der Waals surface area contributed by atoms with E-state index in [0.717, 1.165) is 45.6 Å². The lowest BCUT2D eigenvalue weighted by molar-refractivity contribution is -0.141. The number of piperidine rings is 1. The molecule has 1 atom stereocenters. The van der Waals surface area contributed by atoms with Gasteiger partial charge in [-0.1, -0.05) is 19.8 Å². The van der Waals surface area contributed by atoms with E-state index in [1.54, 1.807) is 0 Å². The highest BCUT2D eigenvalue weighted by molar-refractivity contribution is 5.81. The number of rotatable bonds is 6. The molecule has 6 heteroatoms. The van der Waals surface area contributed by atoms with Gasteiger partial charge in [-0.25, -0.2) is 0 Å². The Kier molecular flexibility index (Phi) is 7.49. The second-order valence-corrected chi connectivity index (χ2v) is 7.14. The quantitative estimate of drug-likeness (QED) is 0.797. The normalized spacial score (nSPS) is 22.4. The summed E-state index contributed by atoms with van der Waals surface area (Å²) in [6, 6.07) is 0.254. The molecule has 0 aliphatic carbocycles. The van der Waals surface area contributed by atoms with E-state index < -0.39 is 5.97 Å². The van der Waals surface area contributed by atoms with E-state index in [9.17, 15) is 9.59 Å². The lowest BCUT2D eigenvalue weighted by Crippen LogP contribution is -2.52. The Hall–Kier alpha value is -1.14. The van der Waals surface area contributed by atoms with Crippen molar-refractivity contribution in [3.05, 3.63) is 0 Å². The lowest BCUT2D eigenvalue weighted by atomic mass is 10.0. The highest BCUT2D eigenvalue weighted by atomic mass is 16.4. The first-order chi connectivity index (χ1) is 11.5. The van der Waals surface area contributed by atoms with Gasteiger partial charge in [0.05, 0.1) is 12.6 Å². The van der Waals surface area contributed by atoms with Gasteiger partial charge in [-0.05, 0) is 52.2 Å². The van der Waals surface area contributed by atoms with Gasteiger partial charge in [-0.2, -0.15) is 0 Å². The van der Waals surface area contributed by atoms with Crippen LogP contribution in [0, 0.1) is 0 Å². The molecule has 138 valence electrons. The summed E-state index contributed by atoms with van der Waals surface area (Å²) in [5.74, 6) is -0.526. The Balaban J connectivity index is 1.84. The molecular formula is C18H33N3O3. The molecule has 1 amide bonds. The standard InChI is InChI=1S/C18H33N3O3/c1-3-19(14-17(22)23)16-8-12-21(13-9-16)18(24)15(2)20-10-6-4-5-7-11-20/h15-16H,3-14H2,1-2H3,(H,22,23)/t15-/m0/s1. The minimum absolute atomic E-state index is 0.0269. The molecule has 24 heavy (non-hydrogen) atoms. The molecule has 0 aromatic rings. The predicted molar refractivity (Wildman–Crippen MR) is 94.0 cm³/mol. The Bertz CT molecular complexity index is 414. The monoisotopic (exact) mass is 339 g/mol. The van der Waals surface area contributed by atoms with Crippen LogP contribution in [0.1, 0.15) is 52.4 Å². The highest BCUT2D eigenvalue weighted by Crippen LogP contribution is 2.19. The van der Waals surface area contributed by atoms with Crippen LogP contribution in [0.25, 0.3) is 0 Å². The fraction of sp³-hybridized carbons (Fsp3) is 0.889. The van der Waals surface area contributed by atoms with Crippen molar-refractivity contribution in [2.45, 2.75) is 64.5 Å². The summed E-state index contributed by atoms with van der Waals surface area (Å²) in [6.45, 7) is 8.45. The van der Waals surface area contributed by atoms with Gasteiger partial charge < -0.3 is 10.0 Å². The number of carbonyl (C=O) groups excluding carboxylic acids is 1. The van der Waals surface area contributed by atoms with E-state index in [-0.39, 0.29) is 24.5 Å². The minimum Gasteiger partial charge on any atom is -0.480 e. The van der Waals surface area contributed by atoms with Crippen LogP contribution in [0.3, 0.4) is 0 Å². The third kappa shape index (κ3) is 5.18. The number of aliphatic carboxylic acids is 1. The number of likely N-dealkylation sites (tertiary alicyclic amines) is 2. The van der Waals surface area contributed by atoms with Crippen LogP contribution < -0.4 is 0 Å². The van der Waals surface area contributed by atoms with Crippen LogP contribution in [-0.2, 0) is 9.59 Å². The Morgan fingerprint density at radius 1 is 1.08 bits per heavy atom. The first kappa shape index (κ1) is 19.2. The van der Waals surface area contributed by atoms with E-state index in [4.69, 9.17) is 5.11 Å². The number of carbonyl (C=O) groups is 2. The third-order valence-corrected chi connectivity index (χ3v) is 5.58. The molecule has 2 aliphatic heterocycles. The molecule has 0 aromatic carbocycles. The van der Waals surface area contributed by atoms with Crippen molar-refractivity contribution in [1.29, 1.82) is 0 Å². The smallest absolute Gasteiger partial charge is 0.317 e. The third-order valence-electron chi connectivity index (χ3n) is 5.58. The summed E-state index contributed by atoms with van der Waals surface area (Å²) in [7, 11) is 0. The maximum atomic E-state index is 12.8. The molecule has 0 spiro atoms. The molecule has 2 rings (SSSR count). The molecule has 0 aromatic heterocycles. The second-order valence-electron chi connectivity index (χ2n) is 7.14. The zero-order valence-corrected chi connectivity index (χ0v) is 15.2. The maximum Gasteiger partial charge on any atom is 0.317 e. The summed E-state index contributed by atoms with van der Waals surface area (Å²) in [5.41, 5.74) is 0. The summed E-state index contributed by atoms with van der Waals surface area (Å²) >= 11 is 0. The number of hydrogen-bond acceptors (Lipinski definition) is 4. The van der Waals surface area contributed by atoms with Crippen molar-refractivity contribution in [3.8, 4) is 0 Å². The van der Waals surface area contributed by atoms with Crippen LogP contribution in [-0.4, -0.2) is 83.0 Å². The zero-order chi connectivity index (χ0) is 17.5.